The topological polar surface area (TPSA) is 82.9 Å². The van der Waals surface area contributed by atoms with Gasteiger partial charge in [0.05, 0.1) is 17.4 Å². The van der Waals surface area contributed by atoms with E-state index >= 15 is 0 Å². The molecule has 7 nitrogen and oxygen atoms in total. The second kappa shape index (κ2) is 7.20. The minimum Gasteiger partial charge on any atom is -0.385 e. The Morgan fingerprint density at radius 1 is 1.28 bits per heavy atom. The predicted octanol–water partition coefficient (Wildman–Crippen LogP) is 3.34. The van der Waals surface area contributed by atoms with Gasteiger partial charge in [-0.3, -0.25) is 9.88 Å². The molecule has 1 atom stereocenters. The molecule has 0 aliphatic carbocycles. The maximum atomic E-state index is 13.9. The number of piperidine rings is 1. The van der Waals surface area contributed by atoms with Gasteiger partial charge in [0.2, 0.25) is 0 Å². The Bertz CT molecular complexity index is 1160. The summed E-state index contributed by atoms with van der Waals surface area (Å²) in [5, 5.41) is 11.4. The molecule has 5 heterocycles. The van der Waals surface area contributed by atoms with Gasteiger partial charge in [-0.2, -0.15) is 0 Å². The summed E-state index contributed by atoms with van der Waals surface area (Å²) >= 11 is 0. The van der Waals surface area contributed by atoms with E-state index in [0.717, 1.165) is 48.0 Å². The lowest BCUT2D eigenvalue weighted by Gasteiger charge is -2.33. The van der Waals surface area contributed by atoms with E-state index < -0.39 is 6.10 Å². The monoisotopic (exact) mass is 394 g/mol. The van der Waals surface area contributed by atoms with Crippen LogP contribution < -0.4 is 0 Å². The quantitative estimate of drug-likeness (QED) is 0.555. The van der Waals surface area contributed by atoms with Crippen LogP contribution in [0.15, 0.2) is 36.8 Å². The van der Waals surface area contributed by atoms with E-state index in [-0.39, 0.29) is 11.9 Å². The highest BCUT2D eigenvalue weighted by molar-refractivity contribution is 6.01. The number of H-pyrrole nitrogens is 1. The van der Waals surface area contributed by atoms with Crippen LogP contribution in [0.1, 0.15) is 43.4 Å². The third kappa shape index (κ3) is 3.18. The fraction of sp³-hybridized carbons (Fsp3) is 0.381. The number of hydrogen-bond donors (Lipinski definition) is 2. The molecule has 1 saturated heterocycles. The number of aliphatic hydroxyl groups is 1. The van der Waals surface area contributed by atoms with Gasteiger partial charge in [-0.25, -0.2) is 14.4 Å². The zero-order chi connectivity index (χ0) is 20.0. The van der Waals surface area contributed by atoms with E-state index in [9.17, 15) is 9.50 Å². The second-order valence-corrected chi connectivity index (χ2v) is 7.69. The van der Waals surface area contributed by atoms with Gasteiger partial charge in [0.1, 0.15) is 28.9 Å². The first-order valence-electron chi connectivity index (χ1n) is 9.95. The van der Waals surface area contributed by atoms with Crippen molar-refractivity contribution in [2.75, 3.05) is 13.1 Å². The molecule has 0 amide bonds. The number of aliphatic hydroxyl groups excluding tert-OH is 1. The molecule has 1 fully saturated rings. The summed E-state index contributed by atoms with van der Waals surface area (Å²) in [5.41, 5.74) is 3.12. The molecule has 1 aliphatic heterocycles. The number of halogens is 1. The Kier molecular flexibility index (Phi) is 4.52. The van der Waals surface area contributed by atoms with Crippen LogP contribution in [0.5, 0.6) is 0 Å². The van der Waals surface area contributed by atoms with Crippen molar-refractivity contribution < 1.29 is 9.50 Å². The third-order valence-electron chi connectivity index (χ3n) is 5.77. The normalized spacial score (nSPS) is 17.3. The molecule has 0 spiro atoms. The van der Waals surface area contributed by atoms with Crippen molar-refractivity contribution in [1.82, 2.24) is 29.4 Å². The molecular weight excluding hydrogens is 371 g/mol. The Labute approximate surface area is 167 Å². The molecule has 0 saturated carbocycles. The van der Waals surface area contributed by atoms with Crippen molar-refractivity contribution in [3.8, 4) is 0 Å². The Morgan fingerprint density at radius 2 is 2.10 bits per heavy atom. The third-order valence-corrected chi connectivity index (χ3v) is 5.77. The van der Waals surface area contributed by atoms with Crippen LogP contribution in [0.3, 0.4) is 0 Å². The highest BCUT2D eigenvalue weighted by atomic mass is 19.1. The van der Waals surface area contributed by atoms with Crippen molar-refractivity contribution >= 4 is 22.1 Å². The molecule has 0 aromatic carbocycles. The lowest BCUT2D eigenvalue weighted by Crippen LogP contribution is -2.35. The molecule has 150 valence electrons. The minimum absolute atomic E-state index is 0.218. The molecular formula is C21H23FN6O. The smallest absolute Gasteiger partial charge is 0.146 e. The van der Waals surface area contributed by atoms with E-state index in [1.54, 1.807) is 25.4 Å². The van der Waals surface area contributed by atoms with Crippen LogP contribution in [0.4, 0.5) is 4.39 Å². The Morgan fingerprint density at radius 3 is 2.86 bits per heavy atom. The van der Waals surface area contributed by atoms with Gasteiger partial charge in [-0.05, 0) is 38.0 Å². The number of nitrogens with zero attached hydrogens (tertiary/aromatic N) is 5. The Balaban J connectivity index is 1.45. The van der Waals surface area contributed by atoms with Crippen LogP contribution in [0.2, 0.25) is 0 Å². The van der Waals surface area contributed by atoms with Gasteiger partial charge in [-0.15, -0.1) is 0 Å². The lowest BCUT2D eigenvalue weighted by molar-refractivity contribution is 0.155. The number of aromatic nitrogens is 5. The number of aromatic amines is 1. The van der Waals surface area contributed by atoms with Gasteiger partial charge in [0, 0.05) is 43.5 Å². The zero-order valence-corrected chi connectivity index (χ0v) is 16.2. The van der Waals surface area contributed by atoms with E-state index in [1.165, 1.54) is 6.07 Å². The number of hydrogen-bond acceptors (Lipinski definition) is 5. The second-order valence-electron chi connectivity index (χ2n) is 7.69. The lowest BCUT2D eigenvalue weighted by atomic mass is 10.0. The van der Waals surface area contributed by atoms with Gasteiger partial charge >= 0.3 is 0 Å². The van der Waals surface area contributed by atoms with E-state index in [2.05, 4.69) is 29.4 Å². The van der Waals surface area contributed by atoms with Crippen LogP contribution in [0.25, 0.3) is 22.1 Å². The SMILES string of the molecule is CC(O)c1nc2cnc3[nH]ccc3c2n1C1CCN(Cc2ncccc2F)CC1. The molecule has 4 aromatic heterocycles. The van der Waals surface area contributed by atoms with Crippen LogP contribution in [-0.2, 0) is 6.54 Å². The van der Waals surface area contributed by atoms with Gasteiger partial charge in [0.15, 0.2) is 0 Å². The van der Waals surface area contributed by atoms with Crippen molar-refractivity contribution in [1.29, 1.82) is 0 Å². The first kappa shape index (κ1) is 18.2. The molecule has 4 aromatic rings. The van der Waals surface area contributed by atoms with Crippen molar-refractivity contribution in [2.45, 2.75) is 38.5 Å². The van der Waals surface area contributed by atoms with Crippen LogP contribution >= 0.6 is 0 Å². The van der Waals surface area contributed by atoms with Crippen molar-refractivity contribution in [2.24, 2.45) is 0 Å². The number of nitrogens with one attached hydrogen (secondary N) is 1. The largest absolute Gasteiger partial charge is 0.385 e. The summed E-state index contributed by atoms with van der Waals surface area (Å²) in [5.74, 6) is 0.415. The van der Waals surface area contributed by atoms with Gasteiger partial charge in [-0.1, -0.05) is 0 Å². The van der Waals surface area contributed by atoms with Crippen molar-refractivity contribution in [3.05, 3.63) is 54.1 Å². The number of pyridine rings is 2. The van der Waals surface area contributed by atoms with E-state index in [1.807, 2.05) is 12.3 Å². The zero-order valence-electron chi connectivity index (χ0n) is 16.2. The summed E-state index contributed by atoms with van der Waals surface area (Å²) in [4.78, 5) is 18.7. The standard InChI is InChI=1S/C21H23FN6O/c1-13(29)21-26-17-11-25-20-15(4-8-24-20)19(17)28(21)14-5-9-27(10-6-14)12-18-16(22)3-2-7-23-18/h2-4,7-8,11,13-14,29H,5-6,9-10,12H2,1H3,(H,24,25). The summed E-state index contributed by atoms with van der Waals surface area (Å²) in [6.45, 7) is 3.93. The van der Waals surface area contributed by atoms with Crippen LogP contribution in [0, 0.1) is 5.82 Å². The molecule has 29 heavy (non-hydrogen) atoms. The van der Waals surface area contributed by atoms with E-state index in [4.69, 9.17) is 0 Å². The molecule has 1 unspecified atom stereocenters. The molecule has 1 aliphatic rings. The predicted molar refractivity (Wildman–Crippen MR) is 108 cm³/mol. The maximum Gasteiger partial charge on any atom is 0.146 e. The maximum absolute atomic E-state index is 13.9. The van der Waals surface area contributed by atoms with Crippen LogP contribution in [-0.4, -0.2) is 47.6 Å². The van der Waals surface area contributed by atoms with Gasteiger partial charge in [0.25, 0.3) is 0 Å². The molecule has 2 N–H and O–H groups in total. The highest BCUT2D eigenvalue weighted by Gasteiger charge is 2.27. The average Bonchev–Trinajstić information content (AvgIpc) is 3.34. The molecule has 5 rings (SSSR count). The summed E-state index contributed by atoms with van der Waals surface area (Å²) in [6, 6.07) is 5.30. The fourth-order valence-electron chi connectivity index (χ4n) is 4.36. The van der Waals surface area contributed by atoms with E-state index in [0.29, 0.717) is 18.1 Å². The fourth-order valence-corrected chi connectivity index (χ4v) is 4.36. The van der Waals surface area contributed by atoms with Gasteiger partial charge < -0.3 is 14.7 Å². The first-order valence-corrected chi connectivity index (χ1v) is 9.95. The minimum atomic E-state index is -0.669. The number of rotatable bonds is 4. The van der Waals surface area contributed by atoms with Crippen molar-refractivity contribution in [3.63, 3.8) is 0 Å². The number of fused-ring (bicyclic) bond motifs is 3. The number of imidazole rings is 1. The summed E-state index contributed by atoms with van der Waals surface area (Å²) in [6.07, 6.45) is 6.39. The Hall–Kier alpha value is -2.84. The molecule has 8 heteroatoms. The highest BCUT2D eigenvalue weighted by Crippen LogP contribution is 2.34. The molecule has 0 radical (unpaired) electrons. The molecule has 0 bridgehead atoms. The summed E-state index contributed by atoms with van der Waals surface area (Å²) < 4.78 is 16.1. The first-order chi connectivity index (χ1) is 14.1. The number of likely N-dealkylation sites (tertiary alicyclic amines) is 1. The summed E-state index contributed by atoms with van der Waals surface area (Å²) in [7, 11) is 0. The average molecular weight is 394 g/mol.